The molecule has 0 amide bonds. The highest BCUT2D eigenvalue weighted by Gasteiger charge is 2.28. The number of ether oxygens (including phenoxy) is 1. The van der Waals surface area contributed by atoms with E-state index >= 15 is 0 Å². The lowest BCUT2D eigenvalue weighted by Gasteiger charge is -2.12. The van der Waals surface area contributed by atoms with Gasteiger partial charge in [0.05, 0.1) is 18.7 Å². The second-order valence-electron chi connectivity index (χ2n) is 4.30. The Morgan fingerprint density at radius 1 is 1.33 bits per heavy atom. The maximum absolute atomic E-state index is 12.3. The van der Waals surface area contributed by atoms with Gasteiger partial charge in [-0.1, -0.05) is 12.1 Å². The lowest BCUT2D eigenvalue weighted by atomic mass is 10.2. The largest absolute Gasteiger partial charge is 0.492 e. The topological polar surface area (TPSA) is 59.9 Å². The van der Waals surface area contributed by atoms with Crippen LogP contribution in [0.5, 0.6) is 5.75 Å². The lowest BCUT2D eigenvalue weighted by Crippen LogP contribution is -2.19. The molecule has 0 radical (unpaired) electrons. The van der Waals surface area contributed by atoms with Crippen molar-refractivity contribution in [3.05, 3.63) is 40.6 Å². The van der Waals surface area contributed by atoms with E-state index in [0.717, 1.165) is 4.57 Å². The van der Waals surface area contributed by atoms with Gasteiger partial charge in [-0.25, -0.2) is 14.5 Å². The molecule has 0 unspecified atom stereocenters. The summed E-state index contributed by atoms with van der Waals surface area (Å²) in [7, 11) is 0. The number of hydrogen-bond acceptors (Lipinski definition) is 3. The molecule has 0 atom stereocenters. The van der Waals surface area contributed by atoms with E-state index in [9.17, 15) is 18.0 Å². The highest BCUT2D eigenvalue weighted by Crippen LogP contribution is 2.25. The van der Waals surface area contributed by atoms with Crippen LogP contribution >= 0.6 is 0 Å². The summed E-state index contributed by atoms with van der Waals surface area (Å²) in [4.78, 5) is 11.8. The van der Waals surface area contributed by atoms with Crippen LogP contribution in [0.15, 0.2) is 29.1 Å². The molecule has 0 bridgehead atoms. The minimum absolute atomic E-state index is 0.0180. The Labute approximate surface area is 118 Å². The molecule has 5 nitrogen and oxygen atoms in total. The van der Waals surface area contributed by atoms with Crippen molar-refractivity contribution in [3.63, 3.8) is 0 Å². The molecule has 1 heterocycles. The fraction of sp³-hybridized carbons (Fsp3) is 0.385. The molecule has 2 rings (SSSR count). The van der Waals surface area contributed by atoms with Crippen molar-refractivity contribution in [3.8, 4) is 11.4 Å². The average molecular weight is 301 g/mol. The zero-order valence-corrected chi connectivity index (χ0v) is 11.3. The molecule has 0 spiro atoms. The standard InChI is InChI=1S/C13H14F3N3O2/c1-2-21-10-6-4-3-5-9(10)19-11(17-18-12(19)20)7-8-13(14,15)16/h3-6H,2,7-8H2,1H3,(H,18,20). The Balaban J connectivity index is 2.40. The highest BCUT2D eigenvalue weighted by molar-refractivity contribution is 5.47. The minimum Gasteiger partial charge on any atom is -0.492 e. The molecule has 2 aromatic rings. The molecule has 1 aromatic heterocycles. The third-order valence-electron chi connectivity index (χ3n) is 2.78. The van der Waals surface area contributed by atoms with E-state index in [1.54, 1.807) is 31.2 Å². The minimum atomic E-state index is -4.31. The second kappa shape index (κ2) is 6.02. The van der Waals surface area contributed by atoms with Gasteiger partial charge in [0.2, 0.25) is 0 Å². The van der Waals surface area contributed by atoms with E-state index < -0.39 is 18.3 Å². The summed E-state index contributed by atoms with van der Waals surface area (Å²) in [6.07, 6.45) is -5.74. The van der Waals surface area contributed by atoms with Crippen LogP contribution in [-0.2, 0) is 6.42 Å². The van der Waals surface area contributed by atoms with Gasteiger partial charge in [-0.15, -0.1) is 0 Å². The van der Waals surface area contributed by atoms with Gasteiger partial charge in [-0.3, -0.25) is 0 Å². The number of rotatable bonds is 5. The van der Waals surface area contributed by atoms with Gasteiger partial charge in [-0.2, -0.15) is 18.3 Å². The van der Waals surface area contributed by atoms with Gasteiger partial charge in [0.15, 0.2) is 0 Å². The van der Waals surface area contributed by atoms with Crippen LogP contribution in [0.4, 0.5) is 13.2 Å². The van der Waals surface area contributed by atoms with Gasteiger partial charge >= 0.3 is 11.9 Å². The Kier molecular flexibility index (Phi) is 4.35. The molecule has 8 heteroatoms. The van der Waals surface area contributed by atoms with E-state index in [4.69, 9.17) is 4.74 Å². The van der Waals surface area contributed by atoms with Crippen LogP contribution in [0.2, 0.25) is 0 Å². The van der Waals surface area contributed by atoms with Crippen LogP contribution in [-0.4, -0.2) is 27.5 Å². The zero-order chi connectivity index (χ0) is 15.5. The number of nitrogens with zero attached hydrogens (tertiary/aromatic N) is 2. The number of aromatic amines is 1. The van der Waals surface area contributed by atoms with Crippen molar-refractivity contribution < 1.29 is 17.9 Å². The van der Waals surface area contributed by atoms with Crippen LogP contribution in [0.25, 0.3) is 5.69 Å². The van der Waals surface area contributed by atoms with Crippen molar-refractivity contribution in [2.45, 2.75) is 25.9 Å². The van der Waals surface area contributed by atoms with Crippen molar-refractivity contribution in [2.24, 2.45) is 0 Å². The number of halogens is 3. The first kappa shape index (κ1) is 15.1. The number of aromatic nitrogens is 3. The molecule has 0 aliphatic carbocycles. The monoisotopic (exact) mass is 301 g/mol. The van der Waals surface area contributed by atoms with Crippen molar-refractivity contribution >= 4 is 0 Å². The van der Waals surface area contributed by atoms with E-state index in [-0.39, 0.29) is 12.2 Å². The van der Waals surface area contributed by atoms with Crippen LogP contribution in [0.3, 0.4) is 0 Å². The highest BCUT2D eigenvalue weighted by atomic mass is 19.4. The summed E-state index contributed by atoms with van der Waals surface area (Å²) in [5, 5.41) is 5.84. The summed E-state index contributed by atoms with van der Waals surface area (Å²) in [5.41, 5.74) is -0.227. The summed E-state index contributed by atoms with van der Waals surface area (Å²) in [5.74, 6) is 0.432. The van der Waals surface area contributed by atoms with Gasteiger partial charge in [0, 0.05) is 6.42 Å². The molecular formula is C13H14F3N3O2. The molecule has 1 aromatic carbocycles. The average Bonchev–Trinajstić information content (AvgIpc) is 2.78. The molecule has 1 N–H and O–H groups in total. The first-order chi connectivity index (χ1) is 9.92. The van der Waals surface area contributed by atoms with Crippen LogP contribution in [0.1, 0.15) is 19.2 Å². The van der Waals surface area contributed by atoms with Crippen molar-refractivity contribution in [1.29, 1.82) is 0 Å². The van der Waals surface area contributed by atoms with E-state index in [0.29, 0.717) is 18.0 Å². The fourth-order valence-corrected chi connectivity index (χ4v) is 1.92. The van der Waals surface area contributed by atoms with Gasteiger partial charge < -0.3 is 4.74 Å². The predicted molar refractivity (Wildman–Crippen MR) is 69.7 cm³/mol. The quantitative estimate of drug-likeness (QED) is 0.923. The number of alkyl halides is 3. The smallest absolute Gasteiger partial charge is 0.389 e. The lowest BCUT2D eigenvalue weighted by molar-refractivity contribution is -0.134. The first-order valence-corrected chi connectivity index (χ1v) is 6.37. The van der Waals surface area contributed by atoms with E-state index in [1.807, 2.05) is 0 Å². The Morgan fingerprint density at radius 2 is 2.05 bits per heavy atom. The molecule has 0 aliphatic heterocycles. The maximum atomic E-state index is 12.3. The summed E-state index contributed by atoms with van der Waals surface area (Å²) >= 11 is 0. The number of para-hydroxylation sites is 2. The molecular weight excluding hydrogens is 287 g/mol. The molecule has 21 heavy (non-hydrogen) atoms. The Hall–Kier alpha value is -2.25. The zero-order valence-electron chi connectivity index (χ0n) is 11.3. The van der Waals surface area contributed by atoms with Gasteiger partial charge in [-0.05, 0) is 19.1 Å². The second-order valence-corrected chi connectivity index (χ2v) is 4.30. The van der Waals surface area contributed by atoms with Crippen molar-refractivity contribution in [1.82, 2.24) is 14.8 Å². The SMILES string of the molecule is CCOc1ccccc1-n1c(CCC(F)(F)F)n[nH]c1=O. The van der Waals surface area contributed by atoms with Crippen LogP contribution in [0, 0.1) is 0 Å². The molecule has 0 saturated carbocycles. The van der Waals surface area contributed by atoms with E-state index in [2.05, 4.69) is 10.2 Å². The van der Waals surface area contributed by atoms with Crippen molar-refractivity contribution in [2.75, 3.05) is 6.61 Å². The van der Waals surface area contributed by atoms with Gasteiger partial charge in [0.1, 0.15) is 11.6 Å². The Bertz CT molecular complexity index is 661. The first-order valence-electron chi connectivity index (χ1n) is 6.37. The molecule has 0 aliphatic rings. The number of hydrogen-bond donors (Lipinski definition) is 1. The summed E-state index contributed by atoms with van der Waals surface area (Å²) < 4.78 is 43.5. The normalized spacial score (nSPS) is 11.6. The van der Waals surface area contributed by atoms with E-state index in [1.165, 1.54) is 0 Å². The molecule has 0 saturated heterocycles. The molecule has 0 fully saturated rings. The van der Waals surface area contributed by atoms with Gasteiger partial charge in [0.25, 0.3) is 0 Å². The number of nitrogens with one attached hydrogen (secondary N) is 1. The third-order valence-corrected chi connectivity index (χ3v) is 2.78. The fourth-order valence-electron chi connectivity index (χ4n) is 1.92. The molecule has 114 valence electrons. The predicted octanol–water partition coefficient (Wildman–Crippen LogP) is 2.45. The summed E-state index contributed by atoms with van der Waals surface area (Å²) in [6.45, 7) is 2.15. The maximum Gasteiger partial charge on any atom is 0.389 e. The number of benzene rings is 1. The third kappa shape index (κ3) is 3.65. The Morgan fingerprint density at radius 3 is 2.71 bits per heavy atom. The number of H-pyrrole nitrogens is 1. The summed E-state index contributed by atoms with van der Waals surface area (Å²) in [6, 6.07) is 6.63. The van der Waals surface area contributed by atoms with Crippen LogP contribution < -0.4 is 10.4 Å². The number of aryl methyl sites for hydroxylation is 1.